The highest BCUT2D eigenvalue weighted by Gasteiger charge is 2.30. The van der Waals surface area contributed by atoms with Crippen LogP contribution >= 0.6 is 0 Å². The summed E-state index contributed by atoms with van der Waals surface area (Å²) < 4.78 is 5.56. The Labute approximate surface area is 131 Å². The number of carbonyl (C=O) groups excluding carboxylic acids is 2. The van der Waals surface area contributed by atoms with Gasteiger partial charge < -0.3 is 10.1 Å². The summed E-state index contributed by atoms with van der Waals surface area (Å²) in [6.07, 6.45) is 1.65. The number of H-pyrrole nitrogens is 1. The van der Waals surface area contributed by atoms with Crippen LogP contribution in [0.3, 0.4) is 0 Å². The molecule has 1 aliphatic rings. The highest BCUT2D eigenvalue weighted by molar-refractivity contribution is 6.09. The summed E-state index contributed by atoms with van der Waals surface area (Å²) >= 11 is 0. The van der Waals surface area contributed by atoms with Crippen LogP contribution in [0.25, 0.3) is 10.9 Å². The zero-order chi connectivity index (χ0) is 15.8. The Kier molecular flexibility index (Phi) is 3.08. The summed E-state index contributed by atoms with van der Waals surface area (Å²) in [6.45, 7) is 0.126. The van der Waals surface area contributed by atoms with Gasteiger partial charge in [-0.25, -0.2) is 0 Å². The molecule has 1 aliphatic heterocycles. The van der Waals surface area contributed by atoms with Crippen molar-refractivity contribution in [1.82, 2.24) is 15.5 Å². The number of benzene rings is 2. The van der Waals surface area contributed by atoms with Crippen molar-refractivity contribution in [2.45, 2.75) is 6.04 Å². The minimum atomic E-state index is -0.699. The molecule has 23 heavy (non-hydrogen) atoms. The van der Waals surface area contributed by atoms with Gasteiger partial charge in [-0.3, -0.25) is 14.7 Å². The van der Waals surface area contributed by atoms with E-state index in [1.807, 2.05) is 12.1 Å². The van der Waals surface area contributed by atoms with E-state index in [0.29, 0.717) is 22.4 Å². The maximum absolute atomic E-state index is 12.5. The van der Waals surface area contributed by atoms with Crippen molar-refractivity contribution in [3.8, 4) is 5.75 Å². The molecule has 2 heterocycles. The molecule has 2 N–H and O–H groups in total. The zero-order valence-electron chi connectivity index (χ0n) is 12.1. The van der Waals surface area contributed by atoms with E-state index in [4.69, 9.17) is 4.74 Å². The Morgan fingerprint density at radius 3 is 3.00 bits per heavy atom. The average Bonchev–Trinajstić information content (AvgIpc) is 3.06. The summed E-state index contributed by atoms with van der Waals surface area (Å²) in [5.74, 6) is 0.0804. The van der Waals surface area contributed by atoms with Gasteiger partial charge in [-0.2, -0.15) is 5.10 Å². The van der Waals surface area contributed by atoms with Gasteiger partial charge in [-0.15, -0.1) is 0 Å². The van der Waals surface area contributed by atoms with Crippen LogP contribution in [0.1, 0.15) is 20.7 Å². The number of para-hydroxylation sites is 2. The van der Waals surface area contributed by atoms with Crippen LogP contribution in [0.15, 0.2) is 48.7 Å². The Morgan fingerprint density at radius 1 is 1.22 bits per heavy atom. The fourth-order valence-electron chi connectivity index (χ4n) is 2.73. The van der Waals surface area contributed by atoms with Gasteiger partial charge in [0.15, 0.2) is 5.78 Å². The maximum Gasteiger partial charge on any atom is 0.254 e. The molecule has 1 amide bonds. The first-order valence-electron chi connectivity index (χ1n) is 7.23. The van der Waals surface area contributed by atoms with E-state index in [2.05, 4.69) is 15.5 Å². The topological polar surface area (TPSA) is 84.1 Å². The van der Waals surface area contributed by atoms with Gasteiger partial charge in [0.05, 0.1) is 22.8 Å². The predicted molar refractivity (Wildman–Crippen MR) is 83.6 cm³/mol. The van der Waals surface area contributed by atoms with E-state index in [1.54, 1.807) is 36.5 Å². The van der Waals surface area contributed by atoms with Crippen LogP contribution in [0.5, 0.6) is 5.75 Å². The van der Waals surface area contributed by atoms with E-state index in [9.17, 15) is 9.59 Å². The van der Waals surface area contributed by atoms with Crippen molar-refractivity contribution in [3.63, 3.8) is 0 Å². The summed E-state index contributed by atoms with van der Waals surface area (Å²) in [6, 6.07) is 11.7. The van der Waals surface area contributed by atoms with E-state index in [1.165, 1.54) is 0 Å². The van der Waals surface area contributed by atoms with Gasteiger partial charge in [0.2, 0.25) is 0 Å². The smallest absolute Gasteiger partial charge is 0.254 e. The normalized spacial score (nSPS) is 16.7. The highest BCUT2D eigenvalue weighted by atomic mass is 16.5. The molecule has 0 bridgehead atoms. The summed E-state index contributed by atoms with van der Waals surface area (Å²) in [4.78, 5) is 25.0. The number of ether oxygens (including phenoxy) is 1. The van der Waals surface area contributed by atoms with Crippen LogP contribution in [0.4, 0.5) is 0 Å². The second-order valence-electron chi connectivity index (χ2n) is 5.34. The molecule has 2 aromatic carbocycles. The number of fused-ring (bicyclic) bond motifs is 2. The van der Waals surface area contributed by atoms with Crippen molar-refractivity contribution < 1.29 is 14.3 Å². The molecule has 0 fully saturated rings. The highest BCUT2D eigenvalue weighted by Crippen LogP contribution is 2.24. The van der Waals surface area contributed by atoms with Crippen LogP contribution in [-0.4, -0.2) is 34.5 Å². The molecule has 6 nitrogen and oxygen atoms in total. The summed E-state index contributed by atoms with van der Waals surface area (Å²) in [7, 11) is 0. The van der Waals surface area contributed by atoms with Gasteiger partial charge >= 0.3 is 0 Å². The largest absolute Gasteiger partial charge is 0.490 e. The third-order valence-electron chi connectivity index (χ3n) is 3.90. The summed E-state index contributed by atoms with van der Waals surface area (Å²) in [5, 5.41) is 10.3. The van der Waals surface area contributed by atoms with Gasteiger partial charge in [-0.05, 0) is 18.2 Å². The molecule has 1 aromatic heterocycles. The number of ketones is 1. The van der Waals surface area contributed by atoms with Crippen LogP contribution < -0.4 is 10.1 Å². The Hall–Kier alpha value is -3.15. The standard InChI is InChI=1S/C17H13N3O3/c21-16-11-5-1-2-7-14(11)23-9-13(16)19-17(22)12-6-3-4-10-8-18-20-15(10)12/h1-8,13H,9H2,(H,18,20)(H,19,22)/t13-/m0/s1. The molecule has 1 atom stereocenters. The van der Waals surface area contributed by atoms with Crippen LogP contribution in [0.2, 0.25) is 0 Å². The lowest BCUT2D eigenvalue weighted by atomic mass is 10.0. The molecule has 0 saturated carbocycles. The number of nitrogens with one attached hydrogen (secondary N) is 2. The molecular weight excluding hydrogens is 294 g/mol. The molecule has 6 heteroatoms. The maximum atomic E-state index is 12.5. The minimum absolute atomic E-state index is 0.126. The Balaban J connectivity index is 1.60. The number of nitrogens with zero attached hydrogens (tertiary/aromatic N) is 1. The van der Waals surface area contributed by atoms with Crippen molar-refractivity contribution >= 4 is 22.6 Å². The molecule has 114 valence electrons. The average molecular weight is 307 g/mol. The van der Waals surface area contributed by atoms with E-state index in [0.717, 1.165) is 5.39 Å². The third-order valence-corrected chi connectivity index (χ3v) is 3.90. The molecule has 0 saturated heterocycles. The fraction of sp³-hybridized carbons (Fsp3) is 0.118. The predicted octanol–water partition coefficient (Wildman–Crippen LogP) is 1.94. The zero-order valence-corrected chi connectivity index (χ0v) is 12.1. The number of aromatic nitrogens is 2. The minimum Gasteiger partial charge on any atom is -0.490 e. The Morgan fingerprint density at radius 2 is 2.09 bits per heavy atom. The van der Waals surface area contributed by atoms with Crippen LogP contribution in [0, 0.1) is 0 Å². The van der Waals surface area contributed by atoms with Gasteiger partial charge in [0.25, 0.3) is 5.91 Å². The summed E-state index contributed by atoms with van der Waals surface area (Å²) in [5.41, 5.74) is 1.59. The number of hydrogen-bond acceptors (Lipinski definition) is 4. The second kappa shape index (κ2) is 5.24. The SMILES string of the molecule is O=C(N[C@H]1COc2ccccc2C1=O)c1cccc2cn[nH]c12. The van der Waals surface area contributed by atoms with Gasteiger partial charge in [-0.1, -0.05) is 24.3 Å². The Bertz CT molecular complexity index is 916. The number of amides is 1. The van der Waals surface area contributed by atoms with Gasteiger partial charge in [0, 0.05) is 5.39 Å². The van der Waals surface area contributed by atoms with Crippen molar-refractivity contribution in [1.29, 1.82) is 0 Å². The molecule has 0 unspecified atom stereocenters. The molecule has 4 rings (SSSR count). The molecule has 0 aliphatic carbocycles. The monoisotopic (exact) mass is 307 g/mol. The quantitative estimate of drug-likeness (QED) is 0.758. The lowest BCUT2D eigenvalue weighted by Gasteiger charge is -2.24. The van der Waals surface area contributed by atoms with E-state index < -0.39 is 6.04 Å². The van der Waals surface area contributed by atoms with E-state index >= 15 is 0 Å². The number of hydrogen-bond donors (Lipinski definition) is 2. The molecule has 0 spiro atoms. The number of aromatic amines is 1. The van der Waals surface area contributed by atoms with Gasteiger partial charge in [0.1, 0.15) is 18.4 Å². The second-order valence-corrected chi connectivity index (χ2v) is 5.34. The number of rotatable bonds is 2. The van der Waals surface area contributed by atoms with E-state index in [-0.39, 0.29) is 18.3 Å². The first-order valence-corrected chi connectivity index (χ1v) is 7.23. The molecule has 3 aromatic rings. The molecular formula is C17H13N3O3. The first kappa shape index (κ1) is 13.5. The fourth-order valence-corrected chi connectivity index (χ4v) is 2.73. The van der Waals surface area contributed by atoms with Crippen molar-refractivity contribution in [2.75, 3.05) is 6.61 Å². The van der Waals surface area contributed by atoms with Crippen molar-refractivity contribution in [2.24, 2.45) is 0 Å². The lowest BCUT2D eigenvalue weighted by Crippen LogP contribution is -2.47. The van der Waals surface area contributed by atoms with Crippen molar-refractivity contribution in [3.05, 3.63) is 59.8 Å². The van der Waals surface area contributed by atoms with Crippen LogP contribution in [-0.2, 0) is 0 Å². The molecule has 0 radical (unpaired) electrons. The number of carbonyl (C=O) groups is 2. The number of Topliss-reactive ketones (excluding diaryl/α,β-unsaturated/α-hetero) is 1. The lowest BCUT2D eigenvalue weighted by molar-refractivity contribution is 0.0796. The third kappa shape index (κ3) is 2.24. The first-order chi connectivity index (χ1) is 11.2.